The van der Waals surface area contributed by atoms with E-state index >= 15 is 0 Å². The molecule has 8 nitrogen and oxygen atoms in total. The van der Waals surface area contributed by atoms with Crippen LogP contribution in [-0.2, 0) is 9.59 Å². The van der Waals surface area contributed by atoms with Crippen LogP contribution < -0.4 is 10.1 Å². The van der Waals surface area contributed by atoms with Gasteiger partial charge in [0.2, 0.25) is 5.91 Å². The molecule has 150 valence electrons. The summed E-state index contributed by atoms with van der Waals surface area (Å²) in [4.78, 5) is 37.8. The Kier molecular flexibility index (Phi) is 6.08. The Bertz CT molecular complexity index is 987. The number of aromatic hydroxyl groups is 2. The van der Waals surface area contributed by atoms with Gasteiger partial charge in [-0.2, -0.15) is 0 Å². The first-order valence-electron chi connectivity index (χ1n) is 8.67. The summed E-state index contributed by atoms with van der Waals surface area (Å²) in [7, 11) is 0. The Balaban J connectivity index is 1.65. The van der Waals surface area contributed by atoms with Crippen LogP contribution in [0.5, 0.6) is 17.2 Å². The fourth-order valence-electron chi connectivity index (χ4n) is 2.56. The van der Waals surface area contributed by atoms with Crippen LogP contribution in [0.15, 0.2) is 47.4 Å². The van der Waals surface area contributed by atoms with Gasteiger partial charge in [-0.3, -0.25) is 19.3 Å². The van der Waals surface area contributed by atoms with Crippen LogP contribution >= 0.6 is 11.8 Å². The fourth-order valence-corrected chi connectivity index (χ4v) is 3.40. The Morgan fingerprint density at radius 2 is 1.86 bits per heavy atom. The van der Waals surface area contributed by atoms with Crippen molar-refractivity contribution in [2.75, 3.05) is 18.5 Å². The zero-order valence-corrected chi connectivity index (χ0v) is 16.2. The smallest absolute Gasteiger partial charge is 0.294 e. The lowest BCUT2D eigenvalue weighted by Crippen LogP contribution is -2.36. The van der Waals surface area contributed by atoms with Crippen molar-refractivity contribution in [2.45, 2.75) is 6.92 Å². The number of hydrogen-bond donors (Lipinski definition) is 3. The molecule has 3 amide bonds. The largest absolute Gasteiger partial charge is 0.504 e. The van der Waals surface area contributed by atoms with E-state index < -0.39 is 23.6 Å². The van der Waals surface area contributed by atoms with Crippen LogP contribution in [0.3, 0.4) is 0 Å². The van der Waals surface area contributed by atoms with Crippen molar-refractivity contribution in [3.05, 3.63) is 52.9 Å². The van der Waals surface area contributed by atoms with Crippen molar-refractivity contribution in [3.63, 3.8) is 0 Å². The first-order valence-corrected chi connectivity index (χ1v) is 9.49. The van der Waals surface area contributed by atoms with E-state index in [4.69, 9.17) is 4.74 Å². The molecule has 29 heavy (non-hydrogen) atoms. The van der Waals surface area contributed by atoms with E-state index in [0.29, 0.717) is 35.4 Å². The number of imide groups is 1. The number of amides is 3. The van der Waals surface area contributed by atoms with Gasteiger partial charge in [0.1, 0.15) is 12.3 Å². The minimum Gasteiger partial charge on any atom is -0.504 e. The molecule has 0 aliphatic carbocycles. The molecule has 0 bridgehead atoms. The molecule has 0 saturated carbocycles. The molecule has 0 aromatic heterocycles. The molecule has 1 heterocycles. The van der Waals surface area contributed by atoms with Gasteiger partial charge < -0.3 is 20.3 Å². The van der Waals surface area contributed by atoms with Gasteiger partial charge in [-0.15, -0.1) is 0 Å². The number of phenols is 2. The number of anilines is 1. The number of benzene rings is 2. The van der Waals surface area contributed by atoms with Gasteiger partial charge in [-0.05, 0) is 66.7 Å². The maximum atomic E-state index is 12.5. The minimum absolute atomic E-state index is 0.119. The highest BCUT2D eigenvalue weighted by molar-refractivity contribution is 8.18. The maximum Gasteiger partial charge on any atom is 0.294 e. The Morgan fingerprint density at radius 1 is 1.14 bits per heavy atom. The van der Waals surface area contributed by atoms with Gasteiger partial charge in [0.05, 0.1) is 11.5 Å². The van der Waals surface area contributed by atoms with Crippen molar-refractivity contribution in [3.8, 4) is 17.2 Å². The molecule has 0 atom stereocenters. The number of thioether (sulfide) groups is 1. The second-order valence-corrected chi connectivity index (χ2v) is 7.01. The first-order chi connectivity index (χ1) is 13.9. The molecule has 0 spiro atoms. The normalized spacial score (nSPS) is 15.1. The third-order valence-corrected chi connectivity index (χ3v) is 4.83. The summed E-state index contributed by atoms with van der Waals surface area (Å²) in [5.41, 5.74) is 0.949. The van der Waals surface area contributed by atoms with E-state index in [1.165, 1.54) is 24.3 Å². The van der Waals surface area contributed by atoms with Crippen LogP contribution in [0.1, 0.15) is 12.5 Å². The topological polar surface area (TPSA) is 116 Å². The zero-order valence-electron chi connectivity index (χ0n) is 15.4. The number of rotatable bonds is 6. The molecule has 0 radical (unpaired) electrons. The lowest BCUT2D eigenvalue weighted by molar-refractivity contribution is -0.127. The van der Waals surface area contributed by atoms with E-state index in [2.05, 4.69) is 5.32 Å². The highest BCUT2D eigenvalue weighted by Gasteiger charge is 2.36. The molecule has 3 rings (SSSR count). The minimum atomic E-state index is -0.602. The van der Waals surface area contributed by atoms with Crippen LogP contribution in [0.25, 0.3) is 6.08 Å². The summed E-state index contributed by atoms with van der Waals surface area (Å²) in [5, 5.41) is 21.0. The Morgan fingerprint density at radius 3 is 2.52 bits per heavy atom. The van der Waals surface area contributed by atoms with Crippen molar-refractivity contribution < 1.29 is 29.3 Å². The molecular formula is C20H18N2O6S. The molecule has 2 aromatic carbocycles. The summed E-state index contributed by atoms with van der Waals surface area (Å²) < 4.78 is 5.33. The quantitative estimate of drug-likeness (QED) is 0.491. The number of carbonyl (C=O) groups excluding carboxylic acids is 3. The summed E-state index contributed by atoms with van der Waals surface area (Å²) >= 11 is 0.700. The average Bonchev–Trinajstić information content (AvgIpc) is 2.94. The lowest BCUT2D eigenvalue weighted by Gasteiger charge is -2.12. The van der Waals surface area contributed by atoms with Gasteiger partial charge >= 0.3 is 0 Å². The number of ether oxygens (including phenoxy) is 1. The maximum absolute atomic E-state index is 12.5. The predicted octanol–water partition coefficient (Wildman–Crippen LogP) is 3.17. The number of hydrogen-bond acceptors (Lipinski definition) is 7. The van der Waals surface area contributed by atoms with E-state index in [9.17, 15) is 24.6 Å². The number of carbonyl (C=O) groups is 3. The molecule has 9 heteroatoms. The van der Waals surface area contributed by atoms with Gasteiger partial charge in [0.25, 0.3) is 11.1 Å². The Labute approximate surface area is 170 Å². The van der Waals surface area contributed by atoms with Gasteiger partial charge in [0.15, 0.2) is 11.5 Å². The van der Waals surface area contributed by atoms with E-state index in [-0.39, 0.29) is 16.4 Å². The summed E-state index contributed by atoms with van der Waals surface area (Å²) in [6.45, 7) is 1.98. The number of phenolic OH excluding ortho intramolecular Hbond substituents is 2. The third kappa shape index (κ3) is 4.88. The predicted molar refractivity (Wildman–Crippen MR) is 109 cm³/mol. The lowest BCUT2D eigenvalue weighted by atomic mass is 10.2. The first kappa shape index (κ1) is 20.3. The summed E-state index contributed by atoms with van der Waals surface area (Å²) in [6.07, 6.45) is 1.41. The molecule has 1 aliphatic heterocycles. The summed E-state index contributed by atoms with van der Waals surface area (Å²) in [5.74, 6) is -1.08. The van der Waals surface area contributed by atoms with Crippen molar-refractivity contribution >= 4 is 40.6 Å². The van der Waals surface area contributed by atoms with Gasteiger partial charge in [-0.25, -0.2) is 0 Å². The van der Waals surface area contributed by atoms with E-state index in [0.717, 1.165) is 4.90 Å². The SMILES string of the molecule is CCOc1ccc(NC(=O)CN2C(=O)SC(=Cc3ccc(O)c(O)c3)C2=O)cc1. The summed E-state index contributed by atoms with van der Waals surface area (Å²) in [6, 6.07) is 10.8. The molecular weight excluding hydrogens is 396 g/mol. The van der Waals surface area contributed by atoms with Crippen molar-refractivity contribution in [2.24, 2.45) is 0 Å². The second-order valence-electron chi connectivity index (χ2n) is 6.02. The highest BCUT2D eigenvalue weighted by Crippen LogP contribution is 2.33. The molecule has 1 aliphatic rings. The van der Waals surface area contributed by atoms with E-state index in [1.807, 2.05) is 6.92 Å². The fraction of sp³-hybridized carbons (Fsp3) is 0.150. The number of nitrogens with one attached hydrogen (secondary N) is 1. The van der Waals surface area contributed by atoms with Gasteiger partial charge in [0, 0.05) is 5.69 Å². The molecule has 1 saturated heterocycles. The molecule has 0 unspecified atom stereocenters. The third-order valence-electron chi connectivity index (χ3n) is 3.92. The molecule has 3 N–H and O–H groups in total. The molecule has 2 aromatic rings. The van der Waals surface area contributed by atoms with Crippen LogP contribution in [0.4, 0.5) is 10.5 Å². The van der Waals surface area contributed by atoms with Gasteiger partial charge in [-0.1, -0.05) is 6.07 Å². The van der Waals surface area contributed by atoms with Crippen molar-refractivity contribution in [1.29, 1.82) is 0 Å². The monoisotopic (exact) mass is 414 g/mol. The number of nitrogens with zero attached hydrogens (tertiary/aromatic N) is 1. The van der Waals surface area contributed by atoms with Crippen LogP contribution in [-0.4, -0.2) is 45.3 Å². The van der Waals surface area contributed by atoms with Crippen molar-refractivity contribution in [1.82, 2.24) is 4.90 Å². The van der Waals surface area contributed by atoms with E-state index in [1.54, 1.807) is 24.3 Å². The van der Waals surface area contributed by atoms with Crippen LogP contribution in [0.2, 0.25) is 0 Å². The average molecular weight is 414 g/mol. The standard InChI is InChI=1S/C20H18N2O6S/c1-2-28-14-6-4-13(5-7-14)21-18(25)11-22-19(26)17(29-20(22)27)10-12-3-8-15(23)16(24)9-12/h3-10,23-24H,2,11H2,1H3,(H,21,25). The highest BCUT2D eigenvalue weighted by atomic mass is 32.2. The molecule has 1 fully saturated rings. The Hall–Kier alpha value is -3.46. The second kappa shape index (κ2) is 8.70. The van der Waals surface area contributed by atoms with Crippen LogP contribution in [0, 0.1) is 0 Å². The zero-order chi connectivity index (χ0) is 21.0.